The van der Waals surface area contributed by atoms with Crippen LogP contribution in [0.2, 0.25) is 0 Å². The van der Waals surface area contributed by atoms with Gasteiger partial charge in [-0.3, -0.25) is 4.79 Å². The third-order valence-electron chi connectivity index (χ3n) is 3.74. The van der Waals surface area contributed by atoms with Crippen molar-refractivity contribution in [1.29, 1.82) is 0 Å². The molecule has 0 heterocycles. The van der Waals surface area contributed by atoms with Gasteiger partial charge < -0.3 is 10.1 Å². The van der Waals surface area contributed by atoms with Crippen molar-refractivity contribution in [2.24, 2.45) is 5.41 Å². The monoisotopic (exact) mass is 303 g/mol. The number of hydrogen-bond acceptors (Lipinski definition) is 3. The standard InChI is InChI=1S/C15H26ClNO3/c1-14(2,3)20-13(19)17-11-15(12(18)10-16)8-6-4-5-7-9-15/h4-11H2,1-3H3,(H,17,19). The van der Waals surface area contributed by atoms with Crippen LogP contribution < -0.4 is 5.32 Å². The number of nitrogens with one attached hydrogen (secondary N) is 1. The number of carbonyl (C=O) groups excluding carboxylic acids is 2. The molecule has 1 amide bonds. The Balaban J connectivity index is 2.66. The van der Waals surface area contributed by atoms with E-state index in [2.05, 4.69) is 5.32 Å². The smallest absolute Gasteiger partial charge is 0.407 e. The number of hydrogen-bond donors (Lipinski definition) is 1. The van der Waals surface area contributed by atoms with Gasteiger partial charge in [0.05, 0.1) is 5.88 Å². The van der Waals surface area contributed by atoms with Crippen LogP contribution in [0.5, 0.6) is 0 Å². The summed E-state index contributed by atoms with van der Waals surface area (Å²) in [7, 11) is 0. The van der Waals surface area contributed by atoms with E-state index in [0.29, 0.717) is 6.54 Å². The van der Waals surface area contributed by atoms with Gasteiger partial charge in [0, 0.05) is 12.0 Å². The lowest BCUT2D eigenvalue weighted by molar-refractivity contribution is -0.126. The van der Waals surface area contributed by atoms with Crippen LogP contribution in [0.3, 0.4) is 0 Å². The van der Waals surface area contributed by atoms with Gasteiger partial charge in [-0.05, 0) is 33.6 Å². The summed E-state index contributed by atoms with van der Waals surface area (Å²) in [5.74, 6) is 0.0489. The van der Waals surface area contributed by atoms with E-state index in [-0.39, 0.29) is 11.7 Å². The predicted molar refractivity (Wildman–Crippen MR) is 80.1 cm³/mol. The number of alkyl halides is 1. The second kappa shape index (κ2) is 7.30. The second-order valence-electron chi connectivity index (χ2n) is 6.61. The van der Waals surface area contributed by atoms with E-state index in [0.717, 1.165) is 38.5 Å². The molecular weight excluding hydrogens is 278 g/mol. The minimum atomic E-state index is -0.531. The number of ketones is 1. The van der Waals surface area contributed by atoms with Gasteiger partial charge in [0.2, 0.25) is 0 Å². The third-order valence-corrected chi connectivity index (χ3v) is 3.99. The molecule has 5 heteroatoms. The number of rotatable bonds is 4. The number of halogens is 1. The molecule has 4 nitrogen and oxygen atoms in total. The predicted octanol–water partition coefficient (Wildman–Crippen LogP) is 3.66. The van der Waals surface area contributed by atoms with Crippen molar-refractivity contribution in [2.45, 2.75) is 64.9 Å². The molecule has 0 bridgehead atoms. The van der Waals surface area contributed by atoms with Crippen LogP contribution >= 0.6 is 11.6 Å². The minimum absolute atomic E-state index is 0.00992. The number of Topliss-reactive ketones (excluding diaryl/α,β-unsaturated/α-hetero) is 1. The molecule has 116 valence electrons. The Bertz CT molecular complexity index is 342. The SMILES string of the molecule is CC(C)(C)OC(=O)NCC1(C(=O)CCl)CCCCCC1. The first-order chi connectivity index (χ1) is 9.29. The van der Waals surface area contributed by atoms with Crippen LogP contribution in [0.15, 0.2) is 0 Å². The molecule has 1 fully saturated rings. The summed E-state index contributed by atoms with van der Waals surface area (Å²) in [4.78, 5) is 24.0. The molecule has 0 saturated heterocycles. The fourth-order valence-electron chi connectivity index (χ4n) is 2.66. The molecule has 0 unspecified atom stereocenters. The molecule has 0 aromatic rings. The van der Waals surface area contributed by atoms with Crippen molar-refractivity contribution in [3.8, 4) is 0 Å². The van der Waals surface area contributed by atoms with E-state index >= 15 is 0 Å². The molecule has 1 N–H and O–H groups in total. The highest BCUT2D eigenvalue weighted by atomic mass is 35.5. The summed E-state index contributed by atoms with van der Waals surface area (Å²) in [6.07, 6.45) is 5.44. The lowest BCUT2D eigenvalue weighted by Crippen LogP contribution is -2.45. The Morgan fingerprint density at radius 3 is 2.15 bits per heavy atom. The third kappa shape index (κ3) is 5.31. The fourth-order valence-corrected chi connectivity index (χ4v) is 2.94. The Hall–Kier alpha value is -0.770. The first-order valence-electron chi connectivity index (χ1n) is 7.35. The van der Waals surface area contributed by atoms with Crippen molar-refractivity contribution in [1.82, 2.24) is 5.32 Å². The average Bonchev–Trinajstić information content (AvgIpc) is 2.60. The maximum atomic E-state index is 12.2. The van der Waals surface area contributed by atoms with Crippen LogP contribution in [0.25, 0.3) is 0 Å². The molecule has 1 aliphatic rings. The molecule has 1 rings (SSSR count). The van der Waals surface area contributed by atoms with E-state index < -0.39 is 17.1 Å². The highest BCUT2D eigenvalue weighted by molar-refractivity contribution is 6.28. The second-order valence-corrected chi connectivity index (χ2v) is 6.87. The minimum Gasteiger partial charge on any atom is -0.444 e. The normalized spacial score (nSPS) is 19.0. The summed E-state index contributed by atoms with van der Waals surface area (Å²) < 4.78 is 5.22. The van der Waals surface area contributed by atoms with E-state index in [1.54, 1.807) is 0 Å². The molecule has 20 heavy (non-hydrogen) atoms. The highest BCUT2D eigenvalue weighted by Crippen LogP contribution is 2.36. The summed E-state index contributed by atoms with van der Waals surface area (Å²) in [6, 6.07) is 0. The molecule has 0 aromatic carbocycles. The molecule has 0 aromatic heterocycles. The molecule has 1 aliphatic carbocycles. The maximum Gasteiger partial charge on any atom is 0.407 e. The van der Waals surface area contributed by atoms with Gasteiger partial charge in [0.25, 0.3) is 0 Å². The highest BCUT2D eigenvalue weighted by Gasteiger charge is 2.38. The van der Waals surface area contributed by atoms with Crippen molar-refractivity contribution < 1.29 is 14.3 Å². The van der Waals surface area contributed by atoms with Crippen molar-refractivity contribution in [2.75, 3.05) is 12.4 Å². The Morgan fingerprint density at radius 1 is 1.15 bits per heavy atom. The summed E-state index contributed by atoms with van der Waals surface area (Å²) in [6.45, 7) is 5.78. The van der Waals surface area contributed by atoms with Gasteiger partial charge in [0.1, 0.15) is 5.60 Å². The zero-order chi connectivity index (χ0) is 15.2. The lowest BCUT2D eigenvalue weighted by atomic mass is 9.77. The average molecular weight is 304 g/mol. The molecule has 0 radical (unpaired) electrons. The van der Waals surface area contributed by atoms with E-state index in [4.69, 9.17) is 16.3 Å². The number of alkyl carbamates (subject to hydrolysis) is 1. The van der Waals surface area contributed by atoms with Crippen LogP contribution in [0.1, 0.15) is 59.3 Å². The van der Waals surface area contributed by atoms with Crippen molar-refractivity contribution in [3.05, 3.63) is 0 Å². The van der Waals surface area contributed by atoms with E-state index in [1.165, 1.54) is 0 Å². The molecule has 0 spiro atoms. The Kier molecular flexibility index (Phi) is 6.31. The molecule has 0 atom stereocenters. The zero-order valence-electron chi connectivity index (χ0n) is 12.8. The lowest BCUT2D eigenvalue weighted by Gasteiger charge is -2.31. The maximum absolute atomic E-state index is 12.2. The van der Waals surface area contributed by atoms with Crippen LogP contribution in [0, 0.1) is 5.41 Å². The fraction of sp³-hybridized carbons (Fsp3) is 0.867. The van der Waals surface area contributed by atoms with Gasteiger partial charge in [-0.2, -0.15) is 0 Å². The Labute approximate surface area is 126 Å². The number of ether oxygens (including phenoxy) is 1. The first kappa shape index (κ1) is 17.3. The summed E-state index contributed by atoms with van der Waals surface area (Å²) in [5.41, 5.74) is -1.04. The number of carbonyl (C=O) groups is 2. The quantitative estimate of drug-likeness (QED) is 0.637. The van der Waals surface area contributed by atoms with Gasteiger partial charge in [-0.25, -0.2) is 4.79 Å². The summed E-state index contributed by atoms with van der Waals surface area (Å²) >= 11 is 5.76. The van der Waals surface area contributed by atoms with Crippen molar-refractivity contribution >= 4 is 23.5 Å². The largest absolute Gasteiger partial charge is 0.444 e. The van der Waals surface area contributed by atoms with Crippen LogP contribution in [-0.4, -0.2) is 29.9 Å². The first-order valence-corrected chi connectivity index (χ1v) is 7.89. The molecular formula is C15H26ClNO3. The van der Waals surface area contributed by atoms with Crippen molar-refractivity contribution in [3.63, 3.8) is 0 Å². The topological polar surface area (TPSA) is 55.4 Å². The van der Waals surface area contributed by atoms with Crippen LogP contribution in [0.4, 0.5) is 4.79 Å². The van der Waals surface area contributed by atoms with Gasteiger partial charge in [0.15, 0.2) is 5.78 Å². The zero-order valence-corrected chi connectivity index (χ0v) is 13.5. The molecule has 0 aliphatic heterocycles. The summed E-state index contributed by atoms with van der Waals surface area (Å²) in [5, 5.41) is 2.75. The van der Waals surface area contributed by atoms with E-state index in [1.807, 2.05) is 20.8 Å². The van der Waals surface area contributed by atoms with Gasteiger partial charge in [-0.15, -0.1) is 11.6 Å². The van der Waals surface area contributed by atoms with Crippen LogP contribution in [-0.2, 0) is 9.53 Å². The van der Waals surface area contributed by atoms with E-state index in [9.17, 15) is 9.59 Å². The number of amides is 1. The molecule has 1 saturated carbocycles. The Morgan fingerprint density at radius 2 is 1.70 bits per heavy atom. The van der Waals surface area contributed by atoms with Gasteiger partial charge >= 0.3 is 6.09 Å². The van der Waals surface area contributed by atoms with Gasteiger partial charge in [-0.1, -0.05) is 25.7 Å².